The summed E-state index contributed by atoms with van der Waals surface area (Å²) in [5.74, 6) is 0.552. The van der Waals surface area contributed by atoms with Crippen molar-refractivity contribution in [1.82, 2.24) is 9.36 Å². The molecule has 3 heterocycles. The Morgan fingerprint density at radius 1 is 1.30 bits per heavy atom. The Morgan fingerprint density at radius 2 is 2.10 bits per heavy atom. The maximum Gasteiger partial charge on any atom is 0.147 e. The number of anilines is 2. The Labute approximate surface area is 133 Å². The van der Waals surface area contributed by atoms with Gasteiger partial charge in [-0.25, -0.2) is 0 Å². The van der Waals surface area contributed by atoms with Gasteiger partial charge in [-0.2, -0.15) is 4.37 Å². The van der Waals surface area contributed by atoms with E-state index in [4.69, 9.17) is 5.73 Å². The summed E-state index contributed by atoms with van der Waals surface area (Å²) >= 11 is 6.55. The molecule has 7 heteroatoms. The lowest BCUT2D eigenvalue weighted by Crippen LogP contribution is -1.97. The van der Waals surface area contributed by atoms with Gasteiger partial charge in [0, 0.05) is 27.1 Å². The molecule has 4 nitrogen and oxygen atoms in total. The molecule has 0 unspecified atom stereocenters. The van der Waals surface area contributed by atoms with Gasteiger partial charge in [-0.15, -0.1) is 11.3 Å². The number of rotatable bonds is 4. The van der Waals surface area contributed by atoms with Gasteiger partial charge >= 0.3 is 0 Å². The van der Waals surface area contributed by atoms with Crippen molar-refractivity contribution in [3.63, 3.8) is 0 Å². The van der Waals surface area contributed by atoms with Gasteiger partial charge in [-0.05, 0) is 51.2 Å². The molecule has 0 saturated carbocycles. The van der Waals surface area contributed by atoms with Crippen LogP contribution in [-0.2, 0) is 6.54 Å². The van der Waals surface area contributed by atoms with Crippen molar-refractivity contribution in [1.29, 1.82) is 0 Å². The monoisotopic (exact) mass is 366 g/mol. The van der Waals surface area contributed by atoms with Crippen LogP contribution in [0.15, 0.2) is 40.4 Å². The molecule has 3 rings (SSSR count). The van der Waals surface area contributed by atoms with Crippen LogP contribution >= 0.6 is 38.8 Å². The van der Waals surface area contributed by atoms with Gasteiger partial charge < -0.3 is 11.1 Å². The van der Waals surface area contributed by atoms with Crippen LogP contribution in [0.3, 0.4) is 0 Å². The largest absolute Gasteiger partial charge is 0.382 e. The number of pyridine rings is 1. The summed E-state index contributed by atoms with van der Waals surface area (Å²) < 4.78 is 5.35. The number of thiophene rings is 1. The number of nitrogen functional groups attached to an aromatic ring is 1. The van der Waals surface area contributed by atoms with E-state index >= 15 is 0 Å². The molecule has 102 valence electrons. The standard InChI is InChI=1S/C13H11BrN4S2/c14-9-5-10(19-7-9)6-17-13-11(12(15)18-20-13)8-1-3-16-4-2-8/h1-5,7,17H,6H2,(H2,15,18). The first-order valence-corrected chi connectivity index (χ1v) is 8.31. The summed E-state index contributed by atoms with van der Waals surface area (Å²) in [4.78, 5) is 5.28. The first-order chi connectivity index (χ1) is 9.74. The fourth-order valence-corrected chi connectivity index (χ4v) is 3.96. The van der Waals surface area contributed by atoms with E-state index in [1.54, 1.807) is 23.7 Å². The van der Waals surface area contributed by atoms with Crippen molar-refractivity contribution in [2.45, 2.75) is 6.54 Å². The highest BCUT2D eigenvalue weighted by Gasteiger charge is 2.13. The number of nitrogens with one attached hydrogen (secondary N) is 1. The summed E-state index contributed by atoms with van der Waals surface area (Å²) in [6.07, 6.45) is 3.51. The molecule has 0 aliphatic carbocycles. The Kier molecular flexibility index (Phi) is 4.00. The van der Waals surface area contributed by atoms with Gasteiger partial charge in [0.15, 0.2) is 0 Å². The zero-order valence-electron chi connectivity index (χ0n) is 10.3. The molecule has 20 heavy (non-hydrogen) atoms. The molecule has 0 fully saturated rings. The lowest BCUT2D eigenvalue weighted by molar-refractivity contribution is 1.21. The average molecular weight is 367 g/mol. The SMILES string of the molecule is Nc1nsc(NCc2cc(Br)cs2)c1-c1ccncc1. The first-order valence-electron chi connectivity index (χ1n) is 5.86. The summed E-state index contributed by atoms with van der Waals surface area (Å²) in [5.41, 5.74) is 7.96. The Morgan fingerprint density at radius 3 is 2.80 bits per heavy atom. The van der Waals surface area contributed by atoms with Crippen LogP contribution in [0.2, 0.25) is 0 Å². The van der Waals surface area contributed by atoms with Crippen LogP contribution in [0, 0.1) is 0 Å². The van der Waals surface area contributed by atoms with Crippen molar-refractivity contribution in [2.24, 2.45) is 0 Å². The van der Waals surface area contributed by atoms with Crippen LogP contribution in [0.4, 0.5) is 10.8 Å². The normalized spacial score (nSPS) is 10.7. The van der Waals surface area contributed by atoms with E-state index in [2.05, 4.69) is 42.1 Å². The highest BCUT2D eigenvalue weighted by molar-refractivity contribution is 9.10. The second-order valence-corrected chi connectivity index (χ2v) is 6.78. The second-order valence-electron chi connectivity index (χ2n) is 4.09. The molecule has 0 radical (unpaired) electrons. The zero-order valence-corrected chi connectivity index (χ0v) is 13.6. The fourth-order valence-electron chi connectivity index (χ4n) is 1.83. The minimum atomic E-state index is 0.552. The predicted octanol–water partition coefficient (Wildman–Crippen LogP) is 4.22. The molecule has 0 spiro atoms. The van der Waals surface area contributed by atoms with Crippen molar-refractivity contribution in [2.75, 3.05) is 11.1 Å². The van der Waals surface area contributed by atoms with E-state index in [9.17, 15) is 0 Å². The third-order valence-corrected chi connectivity index (χ3v) is 5.25. The van der Waals surface area contributed by atoms with Crippen LogP contribution in [0.1, 0.15) is 4.88 Å². The van der Waals surface area contributed by atoms with Gasteiger partial charge in [0.25, 0.3) is 0 Å². The van der Waals surface area contributed by atoms with Crippen LogP contribution in [0.5, 0.6) is 0 Å². The fraction of sp³-hybridized carbons (Fsp3) is 0.0769. The molecule has 0 aromatic carbocycles. The molecule has 0 amide bonds. The van der Waals surface area contributed by atoms with Crippen LogP contribution in [0.25, 0.3) is 11.1 Å². The number of halogens is 1. The smallest absolute Gasteiger partial charge is 0.147 e. The number of aromatic nitrogens is 2. The van der Waals surface area contributed by atoms with E-state index in [1.807, 2.05) is 12.1 Å². The second kappa shape index (κ2) is 5.90. The Bertz CT molecular complexity index is 708. The van der Waals surface area contributed by atoms with E-state index in [1.165, 1.54) is 16.4 Å². The molecule has 0 saturated heterocycles. The maximum atomic E-state index is 5.98. The third-order valence-electron chi connectivity index (χ3n) is 2.73. The molecule has 3 aromatic heterocycles. The molecule has 0 aliphatic rings. The van der Waals surface area contributed by atoms with E-state index in [0.717, 1.165) is 27.1 Å². The van der Waals surface area contributed by atoms with Crippen molar-refractivity contribution in [3.05, 3.63) is 45.3 Å². The predicted molar refractivity (Wildman–Crippen MR) is 89.1 cm³/mol. The number of nitrogens with zero attached hydrogens (tertiary/aromatic N) is 2. The Hall–Kier alpha value is -1.44. The minimum absolute atomic E-state index is 0.552. The number of hydrogen-bond donors (Lipinski definition) is 2. The zero-order chi connectivity index (χ0) is 13.9. The van der Waals surface area contributed by atoms with Gasteiger partial charge in [-0.3, -0.25) is 4.98 Å². The minimum Gasteiger partial charge on any atom is -0.382 e. The molecule has 3 aromatic rings. The number of nitrogens with two attached hydrogens (primary N) is 1. The van der Waals surface area contributed by atoms with Crippen LogP contribution in [-0.4, -0.2) is 9.36 Å². The molecular weight excluding hydrogens is 356 g/mol. The lowest BCUT2D eigenvalue weighted by atomic mass is 10.1. The topological polar surface area (TPSA) is 63.8 Å². The van der Waals surface area contributed by atoms with Crippen molar-refractivity contribution < 1.29 is 0 Å². The van der Waals surface area contributed by atoms with E-state index in [0.29, 0.717) is 5.82 Å². The van der Waals surface area contributed by atoms with Gasteiger partial charge in [0.1, 0.15) is 10.8 Å². The quantitative estimate of drug-likeness (QED) is 0.725. The number of hydrogen-bond acceptors (Lipinski definition) is 6. The summed E-state index contributed by atoms with van der Waals surface area (Å²) in [5, 5.41) is 6.46. The Balaban J connectivity index is 1.84. The van der Waals surface area contributed by atoms with Gasteiger partial charge in [0.05, 0.1) is 12.1 Å². The average Bonchev–Trinajstić information content (AvgIpc) is 3.03. The van der Waals surface area contributed by atoms with Gasteiger partial charge in [-0.1, -0.05) is 0 Å². The van der Waals surface area contributed by atoms with Crippen LogP contribution < -0.4 is 11.1 Å². The summed E-state index contributed by atoms with van der Waals surface area (Å²) in [6, 6.07) is 5.98. The molecular formula is C13H11BrN4S2. The van der Waals surface area contributed by atoms with Crippen molar-refractivity contribution >= 4 is 49.6 Å². The first kappa shape index (κ1) is 13.5. The van der Waals surface area contributed by atoms with Crippen molar-refractivity contribution in [3.8, 4) is 11.1 Å². The van der Waals surface area contributed by atoms with Gasteiger partial charge in [0.2, 0.25) is 0 Å². The summed E-state index contributed by atoms with van der Waals surface area (Å²) in [6.45, 7) is 0.760. The van der Waals surface area contributed by atoms with E-state index < -0.39 is 0 Å². The summed E-state index contributed by atoms with van der Waals surface area (Å²) in [7, 11) is 0. The maximum absolute atomic E-state index is 5.98. The third kappa shape index (κ3) is 2.84. The lowest BCUT2D eigenvalue weighted by Gasteiger charge is -2.06. The highest BCUT2D eigenvalue weighted by atomic mass is 79.9. The highest BCUT2D eigenvalue weighted by Crippen LogP contribution is 2.36. The molecule has 0 bridgehead atoms. The molecule has 0 aliphatic heterocycles. The molecule has 3 N–H and O–H groups in total. The van der Waals surface area contributed by atoms with E-state index in [-0.39, 0.29) is 0 Å². The molecule has 0 atom stereocenters.